The van der Waals surface area contributed by atoms with E-state index in [4.69, 9.17) is 26.5 Å². The van der Waals surface area contributed by atoms with Crippen LogP contribution < -0.4 is 11.5 Å². The highest BCUT2D eigenvalue weighted by Gasteiger charge is 2.35. The van der Waals surface area contributed by atoms with Gasteiger partial charge in [-0.2, -0.15) is 10.2 Å². The van der Waals surface area contributed by atoms with Gasteiger partial charge >= 0.3 is 0 Å². The zero-order valence-electron chi connectivity index (χ0n) is 34.7. The highest BCUT2D eigenvalue weighted by Crippen LogP contribution is 2.42. The van der Waals surface area contributed by atoms with Crippen LogP contribution >= 0.6 is 0 Å². The van der Waals surface area contributed by atoms with E-state index in [9.17, 15) is 10.2 Å². The van der Waals surface area contributed by atoms with E-state index >= 15 is 0 Å². The zero-order chi connectivity index (χ0) is 42.7. The van der Waals surface area contributed by atoms with Crippen LogP contribution in [0.5, 0.6) is 5.75 Å². The minimum Gasteiger partial charge on any atom is -0.506 e. The van der Waals surface area contributed by atoms with Gasteiger partial charge in [0.15, 0.2) is 11.3 Å². The Hall–Kier alpha value is -7.24. The zero-order valence-corrected chi connectivity index (χ0v) is 34.7. The molecule has 4 heterocycles. The summed E-state index contributed by atoms with van der Waals surface area (Å²) in [6.07, 6.45) is 10.6. The van der Waals surface area contributed by atoms with Crippen molar-refractivity contribution in [3.8, 4) is 50.5 Å². The molecule has 0 unspecified atom stereocenters. The molecule has 2 fully saturated rings. The Balaban J connectivity index is 0.000000141. The number of fused-ring (bicyclic) bond motifs is 6. The summed E-state index contributed by atoms with van der Waals surface area (Å²) >= 11 is 0. The fourth-order valence-corrected chi connectivity index (χ4v) is 9.20. The number of hydrogen-bond acceptors (Lipinski definition) is 8. The lowest BCUT2D eigenvalue weighted by atomic mass is 9.72. The van der Waals surface area contributed by atoms with Crippen LogP contribution in [0.3, 0.4) is 0 Å². The Morgan fingerprint density at radius 1 is 0.492 bits per heavy atom. The number of phenols is 1. The van der Waals surface area contributed by atoms with Crippen molar-refractivity contribution in [1.82, 2.24) is 29.2 Å². The summed E-state index contributed by atoms with van der Waals surface area (Å²) in [5, 5.41) is 31.1. The summed E-state index contributed by atoms with van der Waals surface area (Å²) in [6.45, 7) is -0.0536. The van der Waals surface area contributed by atoms with E-state index in [2.05, 4.69) is 77.9 Å². The van der Waals surface area contributed by atoms with Gasteiger partial charge in [-0.1, -0.05) is 127 Å². The summed E-state index contributed by atoms with van der Waals surface area (Å²) in [6, 6.07) is 48.8. The van der Waals surface area contributed by atoms with E-state index in [0.29, 0.717) is 5.52 Å². The molecule has 10 nitrogen and oxygen atoms in total. The number of phenolic OH excluding ortho intramolecular Hbond substituents is 1. The summed E-state index contributed by atoms with van der Waals surface area (Å²) in [7, 11) is 0. The number of aromatic nitrogens is 6. The van der Waals surface area contributed by atoms with Crippen molar-refractivity contribution < 1.29 is 10.2 Å². The highest BCUT2D eigenvalue weighted by atomic mass is 16.3. The lowest BCUT2D eigenvalue weighted by Crippen LogP contribution is -2.43. The molecule has 4 aromatic heterocycles. The van der Waals surface area contributed by atoms with E-state index in [1.165, 1.54) is 24.0 Å². The Morgan fingerprint density at radius 2 is 0.937 bits per heavy atom. The van der Waals surface area contributed by atoms with Gasteiger partial charge < -0.3 is 21.7 Å². The number of nitrogens with two attached hydrogens (primary N) is 2. The molecule has 6 N–H and O–H groups in total. The number of nitrogens with zero attached hydrogens (tertiary/aromatic N) is 6. The fourth-order valence-electron chi connectivity index (χ4n) is 9.20. The normalized spacial score (nSPS) is 15.2. The number of rotatable bonds is 7. The van der Waals surface area contributed by atoms with Crippen LogP contribution in [0, 0.1) is 0 Å². The summed E-state index contributed by atoms with van der Waals surface area (Å²) in [4.78, 5) is 10.1. The molecule has 10 aromatic rings. The number of aliphatic hydroxyl groups excluding tert-OH is 1. The molecule has 0 aliphatic heterocycles. The van der Waals surface area contributed by atoms with Crippen LogP contribution in [-0.4, -0.2) is 39.4 Å². The maximum Gasteiger partial charge on any atom is 0.163 e. The van der Waals surface area contributed by atoms with E-state index in [-0.39, 0.29) is 23.4 Å². The van der Waals surface area contributed by atoms with Crippen molar-refractivity contribution in [2.75, 3.05) is 0 Å². The summed E-state index contributed by atoms with van der Waals surface area (Å²) < 4.78 is 3.58. The van der Waals surface area contributed by atoms with E-state index in [1.807, 2.05) is 83.6 Å². The first-order valence-corrected chi connectivity index (χ1v) is 21.6. The highest BCUT2D eigenvalue weighted by molar-refractivity contribution is 5.98. The van der Waals surface area contributed by atoms with E-state index in [0.717, 1.165) is 104 Å². The van der Waals surface area contributed by atoms with Crippen molar-refractivity contribution in [2.24, 2.45) is 11.5 Å². The van der Waals surface area contributed by atoms with E-state index < -0.39 is 0 Å². The first-order chi connectivity index (χ1) is 30.8. The Labute approximate surface area is 364 Å². The molecule has 2 saturated carbocycles. The maximum atomic E-state index is 10.3. The van der Waals surface area contributed by atoms with Crippen molar-refractivity contribution in [1.29, 1.82) is 0 Å². The summed E-state index contributed by atoms with van der Waals surface area (Å²) in [5.74, 6) is 0.156. The smallest absolute Gasteiger partial charge is 0.163 e. The molecule has 0 amide bonds. The molecule has 2 aliphatic rings. The Morgan fingerprint density at radius 3 is 1.38 bits per heavy atom. The molecule has 12 rings (SSSR count). The van der Waals surface area contributed by atoms with Gasteiger partial charge in [0, 0.05) is 56.7 Å². The predicted molar refractivity (Wildman–Crippen MR) is 250 cm³/mol. The Kier molecular flexibility index (Phi) is 9.38. The third kappa shape index (κ3) is 6.71. The second-order valence-corrected chi connectivity index (χ2v) is 17.1. The van der Waals surface area contributed by atoms with Gasteiger partial charge in [0.1, 0.15) is 16.8 Å². The molecule has 0 radical (unpaired) electrons. The monoisotopic (exact) mass is 826 g/mol. The number of hydrogen-bond donors (Lipinski definition) is 4. The molecule has 2 aliphatic carbocycles. The van der Waals surface area contributed by atoms with Gasteiger partial charge in [-0.3, -0.25) is 0 Å². The van der Waals surface area contributed by atoms with Crippen LogP contribution in [0.1, 0.15) is 55.2 Å². The van der Waals surface area contributed by atoms with Crippen molar-refractivity contribution in [3.63, 3.8) is 0 Å². The molecule has 0 atom stereocenters. The molecule has 63 heavy (non-hydrogen) atoms. The number of aliphatic hydroxyl groups is 1. The average molecular weight is 827 g/mol. The van der Waals surface area contributed by atoms with Crippen LogP contribution in [0.2, 0.25) is 0 Å². The van der Waals surface area contributed by atoms with Crippen molar-refractivity contribution in [2.45, 2.75) is 56.2 Å². The van der Waals surface area contributed by atoms with Crippen LogP contribution in [0.25, 0.3) is 77.9 Å². The van der Waals surface area contributed by atoms with Crippen LogP contribution in [-0.2, 0) is 17.7 Å². The maximum absolute atomic E-state index is 10.3. The van der Waals surface area contributed by atoms with E-state index in [1.54, 1.807) is 10.6 Å². The largest absolute Gasteiger partial charge is 0.506 e. The molecule has 10 heteroatoms. The Bertz CT molecular complexity index is 3300. The molecular formula is C53H46N8O2. The van der Waals surface area contributed by atoms with Gasteiger partial charge in [0.05, 0.1) is 23.4 Å². The quantitative estimate of drug-likeness (QED) is 0.124. The standard InChI is InChI=1S/C27H24N4O.C26H22N4O/c28-27(14-5-15-27)21-12-10-19(11-13-21)24-23(18-6-2-1-3-7-18)16-31-26(29-24)22-9-4-8-20(17-32)25(22)30-31;27-26(14-5-15-26)19-12-10-18(11-13-19)23-21(17-6-2-1-3-7-17)16-30-25(28-23)20-8-4-9-22(31)24(20)29-30/h1-4,6-13,16,32H,5,14-15,17,28H2;1-4,6-13,16,31H,5,14-15,27H2. The van der Waals surface area contributed by atoms with Crippen molar-refractivity contribution >= 4 is 33.1 Å². The SMILES string of the molecule is NC1(c2ccc(-c3nc4c5cccc(CO)c5nn4cc3-c3ccccc3)cc2)CCC1.NC1(c2ccc(-c3nc4c5cccc(O)c5nn4cc3-c3ccccc3)cc2)CCC1. The topological polar surface area (TPSA) is 153 Å². The lowest BCUT2D eigenvalue weighted by molar-refractivity contribution is 0.253. The lowest BCUT2D eigenvalue weighted by Gasteiger charge is -2.38. The molecule has 0 spiro atoms. The minimum atomic E-state index is -0.183. The fraction of sp³-hybridized carbons (Fsp3) is 0.170. The number of aromatic hydroxyl groups is 1. The van der Waals surface area contributed by atoms with Crippen LogP contribution in [0.15, 0.2) is 158 Å². The van der Waals surface area contributed by atoms with Gasteiger partial charge in [-0.15, -0.1) is 0 Å². The first kappa shape index (κ1) is 38.7. The van der Waals surface area contributed by atoms with Gasteiger partial charge in [-0.05, 0) is 79.0 Å². The van der Waals surface area contributed by atoms with Crippen LogP contribution in [0.4, 0.5) is 0 Å². The predicted octanol–water partition coefficient (Wildman–Crippen LogP) is 10.3. The van der Waals surface area contributed by atoms with Gasteiger partial charge in [0.25, 0.3) is 0 Å². The van der Waals surface area contributed by atoms with Gasteiger partial charge in [-0.25, -0.2) is 19.0 Å². The second-order valence-electron chi connectivity index (χ2n) is 17.1. The molecule has 310 valence electrons. The average Bonchev–Trinajstić information content (AvgIpc) is 3.88. The molecular weight excluding hydrogens is 781 g/mol. The molecule has 0 bridgehead atoms. The van der Waals surface area contributed by atoms with Gasteiger partial charge in [0.2, 0.25) is 0 Å². The third-order valence-corrected chi connectivity index (χ3v) is 13.2. The first-order valence-electron chi connectivity index (χ1n) is 21.6. The number of benzene rings is 6. The molecule has 6 aromatic carbocycles. The second kappa shape index (κ2) is 15.3. The molecule has 0 saturated heterocycles. The third-order valence-electron chi connectivity index (χ3n) is 13.2. The summed E-state index contributed by atoms with van der Waals surface area (Å²) in [5.41, 5.74) is 26.7. The minimum absolute atomic E-state index is 0.0536. The van der Waals surface area contributed by atoms with Crippen molar-refractivity contribution in [3.05, 3.63) is 175 Å².